The summed E-state index contributed by atoms with van der Waals surface area (Å²) in [5.41, 5.74) is 0. The van der Waals surface area contributed by atoms with Gasteiger partial charge in [-0.05, 0) is 51.6 Å². The maximum Gasteiger partial charge on any atom is 0.00939 e. The highest BCUT2D eigenvalue weighted by molar-refractivity contribution is 4.85. The second-order valence-corrected chi connectivity index (χ2v) is 5.42. The molecule has 0 aromatic heterocycles. The van der Waals surface area contributed by atoms with E-state index >= 15 is 0 Å². The van der Waals surface area contributed by atoms with Gasteiger partial charge < -0.3 is 10.2 Å². The van der Waals surface area contributed by atoms with Crippen molar-refractivity contribution in [3.8, 4) is 0 Å². The third-order valence-corrected chi connectivity index (χ3v) is 4.22. The minimum atomic E-state index is 0.780. The fourth-order valence-electron chi connectivity index (χ4n) is 2.97. The lowest BCUT2D eigenvalue weighted by atomic mass is 9.84. The molecule has 2 atom stereocenters. The Labute approximate surface area is 94.4 Å². The summed E-state index contributed by atoms with van der Waals surface area (Å²) in [6.07, 6.45) is 7.15. The van der Waals surface area contributed by atoms with Crippen molar-refractivity contribution < 1.29 is 0 Å². The Morgan fingerprint density at radius 1 is 1.27 bits per heavy atom. The molecular weight excluding hydrogens is 184 g/mol. The number of piperidine rings is 1. The van der Waals surface area contributed by atoms with Gasteiger partial charge in [0.15, 0.2) is 0 Å². The Bertz CT molecular complexity index is 189. The van der Waals surface area contributed by atoms with Gasteiger partial charge in [-0.15, -0.1) is 0 Å². The minimum Gasteiger partial charge on any atom is -0.314 e. The van der Waals surface area contributed by atoms with Crippen LogP contribution in [0.4, 0.5) is 0 Å². The minimum absolute atomic E-state index is 0.780. The molecule has 0 aromatic carbocycles. The van der Waals surface area contributed by atoms with Crippen LogP contribution >= 0.6 is 0 Å². The van der Waals surface area contributed by atoms with Gasteiger partial charge in [-0.2, -0.15) is 0 Å². The van der Waals surface area contributed by atoms with Crippen LogP contribution in [0.25, 0.3) is 0 Å². The van der Waals surface area contributed by atoms with E-state index in [0.29, 0.717) is 0 Å². The van der Waals surface area contributed by atoms with Crippen LogP contribution in [0, 0.1) is 5.92 Å². The van der Waals surface area contributed by atoms with Crippen LogP contribution in [-0.2, 0) is 0 Å². The molecule has 0 spiro atoms. The van der Waals surface area contributed by atoms with E-state index in [1.165, 1.54) is 45.2 Å². The second kappa shape index (κ2) is 5.31. The van der Waals surface area contributed by atoms with Gasteiger partial charge in [0.1, 0.15) is 0 Å². The summed E-state index contributed by atoms with van der Waals surface area (Å²) in [6.45, 7) is 8.43. The molecule has 0 bridgehead atoms. The first kappa shape index (κ1) is 11.4. The first-order chi connectivity index (χ1) is 7.29. The van der Waals surface area contributed by atoms with E-state index in [0.717, 1.165) is 24.5 Å². The van der Waals surface area contributed by atoms with Crippen LogP contribution in [0.15, 0.2) is 0 Å². The molecule has 2 aliphatic rings. The van der Waals surface area contributed by atoms with Crippen LogP contribution in [0.3, 0.4) is 0 Å². The van der Waals surface area contributed by atoms with Gasteiger partial charge in [-0.3, -0.25) is 0 Å². The third kappa shape index (κ3) is 2.94. The molecule has 1 aliphatic heterocycles. The average molecular weight is 210 g/mol. The third-order valence-electron chi connectivity index (χ3n) is 4.22. The largest absolute Gasteiger partial charge is 0.314 e. The first-order valence-electron chi connectivity index (χ1n) is 6.77. The summed E-state index contributed by atoms with van der Waals surface area (Å²) in [6, 6.07) is 1.58. The van der Waals surface area contributed by atoms with Crippen molar-refractivity contribution in [3.63, 3.8) is 0 Å². The Balaban J connectivity index is 1.73. The predicted molar refractivity (Wildman–Crippen MR) is 65.1 cm³/mol. The molecule has 0 radical (unpaired) electrons. The Morgan fingerprint density at radius 3 is 2.60 bits per heavy atom. The lowest BCUT2D eigenvalue weighted by Crippen LogP contribution is -2.49. The van der Waals surface area contributed by atoms with Crippen molar-refractivity contribution >= 4 is 0 Å². The Morgan fingerprint density at radius 2 is 2.07 bits per heavy atom. The molecule has 15 heavy (non-hydrogen) atoms. The van der Waals surface area contributed by atoms with Crippen molar-refractivity contribution in [1.82, 2.24) is 10.2 Å². The molecule has 1 N–H and O–H groups in total. The molecule has 0 aromatic rings. The fraction of sp³-hybridized carbons (Fsp3) is 1.00. The van der Waals surface area contributed by atoms with Crippen LogP contribution in [-0.4, -0.2) is 36.6 Å². The summed E-state index contributed by atoms with van der Waals surface area (Å²) >= 11 is 0. The van der Waals surface area contributed by atoms with E-state index in [1.807, 2.05) is 0 Å². The lowest BCUT2D eigenvalue weighted by Gasteiger charge is -2.41. The zero-order valence-corrected chi connectivity index (χ0v) is 10.3. The average Bonchev–Trinajstić information content (AvgIpc) is 2.14. The quantitative estimate of drug-likeness (QED) is 0.765. The first-order valence-corrected chi connectivity index (χ1v) is 6.77. The van der Waals surface area contributed by atoms with Gasteiger partial charge in [0.2, 0.25) is 0 Å². The number of nitrogens with zero attached hydrogens (tertiary/aromatic N) is 1. The smallest absolute Gasteiger partial charge is 0.00939 e. The van der Waals surface area contributed by atoms with Gasteiger partial charge >= 0.3 is 0 Å². The van der Waals surface area contributed by atoms with E-state index < -0.39 is 0 Å². The van der Waals surface area contributed by atoms with E-state index in [9.17, 15) is 0 Å². The Kier molecular flexibility index (Phi) is 4.04. The zero-order chi connectivity index (χ0) is 10.7. The molecular formula is C13H26N2. The molecule has 2 fully saturated rings. The van der Waals surface area contributed by atoms with Crippen molar-refractivity contribution in [2.24, 2.45) is 5.92 Å². The summed E-state index contributed by atoms with van der Waals surface area (Å²) in [5.74, 6) is 1.03. The van der Waals surface area contributed by atoms with E-state index in [1.54, 1.807) is 0 Å². The van der Waals surface area contributed by atoms with E-state index in [4.69, 9.17) is 0 Å². The van der Waals surface area contributed by atoms with Crippen molar-refractivity contribution in [3.05, 3.63) is 0 Å². The fourth-order valence-corrected chi connectivity index (χ4v) is 2.97. The number of hydrogen-bond acceptors (Lipinski definition) is 2. The van der Waals surface area contributed by atoms with Crippen LogP contribution in [0.1, 0.15) is 46.0 Å². The highest BCUT2D eigenvalue weighted by Crippen LogP contribution is 2.29. The molecule has 1 saturated carbocycles. The standard InChI is InChI=1S/C13H26N2/c1-3-14-13-7-8-15(11(2)9-13)10-12-5-4-6-12/h11-14H,3-10H2,1-2H3. The molecule has 1 heterocycles. The molecule has 1 saturated heterocycles. The maximum absolute atomic E-state index is 3.59. The van der Waals surface area contributed by atoms with Gasteiger partial charge in [0.25, 0.3) is 0 Å². The maximum atomic E-state index is 3.59. The molecule has 2 rings (SSSR count). The van der Waals surface area contributed by atoms with E-state index in [-0.39, 0.29) is 0 Å². The van der Waals surface area contributed by atoms with Crippen LogP contribution < -0.4 is 5.32 Å². The second-order valence-electron chi connectivity index (χ2n) is 5.42. The SMILES string of the molecule is CCNC1CCN(CC2CCC2)C(C)C1. The van der Waals surface area contributed by atoms with Gasteiger partial charge in [0, 0.05) is 18.6 Å². The van der Waals surface area contributed by atoms with E-state index in [2.05, 4.69) is 24.1 Å². The predicted octanol–water partition coefficient (Wildman–Crippen LogP) is 2.25. The topological polar surface area (TPSA) is 15.3 Å². The van der Waals surface area contributed by atoms with Gasteiger partial charge in [0.05, 0.1) is 0 Å². The summed E-state index contributed by atoms with van der Waals surface area (Å²) in [4.78, 5) is 2.72. The summed E-state index contributed by atoms with van der Waals surface area (Å²) < 4.78 is 0. The molecule has 2 nitrogen and oxygen atoms in total. The highest BCUT2D eigenvalue weighted by Gasteiger charge is 2.28. The molecule has 2 heteroatoms. The number of likely N-dealkylation sites (tertiary alicyclic amines) is 1. The molecule has 0 amide bonds. The number of rotatable bonds is 4. The molecule has 1 aliphatic carbocycles. The molecule has 88 valence electrons. The number of nitrogens with one attached hydrogen (secondary N) is 1. The van der Waals surface area contributed by atoms with Crippen LogP contribution in [0.5, 0.6) is 0 Å². The Hall–Kier alpha value is -0.0800. The summed E-state index contributed by atoms with van der Waals surface area (Å²) in [5, 5.41) is 3.59. The zero-order valence-electron chi connectivity index (χ0n) is 10.3. The van der Waals surface area contributed by atoms with Gasteiger partial charge in [-0.25, -0.2) is 0 Å². The summed E-state index contributed by atoms with van der Waals surface area (Å²) in [7, 11) is 0. The van der Waals surface area contributed by atoms with Crippen LogP contribution in [0.2, 0.25) is 0 Å². The monoisotopic (exact) mass is 210 g/mol. The lowest BCUT2D eigenvalue weighted by molar-refractivity contribution is 0.0948. The van der Waals surface area contributed by atoms with Crippen molar-refractivity contribution in [2.45, 2.75) is 58.0 Å². The number of hydrogen-bond donors (Lipinski definition) is 1. The molecule has 2 unspecified atom stereocenters. The van der Waals surface area contributed by atoms with Crippen molar-refractivity contribution in [1.29, 1.82) is 0 Å². The highest BCUT2D eigenvalue weighted by atomic mass is 15.2. The normalized spacial score (nSPS) is 34.0. The van der Waals surface area contributed by atoms with Gasteiger partial charge in [-0.1, -0.05) is 13.3 Å². The van der Waals surface area contributed by atoms with Crippen molar-refractivity contribution in [2.75, 3.05) is 19.6 Å².